The van der Waals surface area contributed by atoms with Crippen LogP contribution in [0.2, 0.25) is 0 Å². The van der Waals surface area contributed by atoms with E-state index < -0.39 is 0 Å². The molecule has 1 aliphatic heterocycles. The molecule has 0 unspecified atom stereocenters. The van der Waals surface area contributed by atoms with Crippen LogP contribution in [-0.2, 0) is 7.05 Å². The number of anilines is 1. The number of H-pyrrole nitrogens is 1. The minimum atomic E-state index is -0.259. The Hall–Kier alpha value is -3.76. The van der Waals surface area contributed by atoms with E-state index >= 15 is 0 Å². The number of rotatable bonds is 3. The third-order valence-corrected chi connectivity index (χ3v) is 7.09. The summed E-state index contributed by atoms with van der Waals surface area (Å²) in [5.41, 5.74) is 14.8. The monoisotopic (exact) mass is 516 g/mol. The van der Waals surface area contributed by atoms with Crippen LogP contribution >= 0.6 is 0 Å². The summed E-state index contributed by atoms with van der Waals surface area (Å²) in [6.45, 7) is 12.0. The maximum atomic E-state index is 9.78. The molecule has 0 fully saturated rings. The lowest BCUT2D eigenvalue weighted by molar-refractivity contribution is 0.149. The van der Waals surface area contributed by atoms with Crippen LogP contribution in [-0.4, -0.2) is 79.1 Å². The number of aliphatic hydroxyl groups excluding tert-OH is 1. The second-order valence-electron chi connectivity index (χ2n) is 10.1. The number of aryl methyl sites for hydroxylation is 3. The number of hydrogen-bond acceptors (Lipinski definition) is 8. The number of pyridine rings is 1. The molecule has 0 aliphatic carbocycles. The normalized spacial score (nSPS) is 18.3. The molecule has 4 N–H and O–H groups in total. The van der Waals surface area contributed by atoms with E-state index in [4.69, 9.17) is 25.5 Å². The number of nitrogens with one attached hydrogen (secondary N) is 1. The van der Waals surface area contributed by atoms with Crippen LogP contribution < -0.4 is 10.5 Å². The molecule has 4 bridgehead atoms. The SMILES string of the molecule is CCN1CC(=N[C@@H](C)CO)c2cc(ccc2N)-c2n[nH]c3c(C)nc(cc23)-c2c(C)nn(C)c2O[C@@H](C)C1. The van der Waals surface area contributed by atoms with E-state index in [0.717, 1.165) is 62.6 Å². The Morgan fingerprint density at radius 2 is 2.05 bits per heavy atom. The number of hydrogen-bond donors (Lipinski definition) is 3. The van der Waals surface area contributed by atoms with Crippen LogP contribution in [0.15, 0.2) is 29.3 Å². The summed E-state index contributed by atoms with van der Waals surface area (Å²) in [5, 5.41) is 23.3. The maximum absolute atomic E-state index is 9.78. The molecule has 10 heteroatoms. The number of nitrogens with two attached hydrogens (primary N) is 1. The molecule has 4 aromatic rings. The number of likely N-dealkylation sites (N-methyl/N-ethyl adjacent to an activating group) is 1. The third-order valence-electron chi connectivity index (χ3n) is 7.09. The van der Waals surface area contributed by atoms with Crippen molar-refractivity contribution in [1.29, 1.82) is 0 Å². The Labute approximate surface area is 222 Å². The van der Waals surface area contributed by atoms with E-state index in [0.29, 0.717) is 24.7 Å². The van der Waals surface area contributed by atoms with Crippen molar-refractivity contribution in [3.05, 3.63) is 41.2 Å². The van der Waals surface area contributed by atoms with Gasteiger partial charge in [-0.05, 0) is 52.4 Å². The molecule has 10 nitrogen and oxygen atoms in total. The van der Waals surface area contributed by atoms with Crippen LogP contribution in [0.4, 0.5) is 5.69 Å². The first-order valence-electron chi connectivity index (χ1n) is 13.1. The minimum absolute atomic E-state index is 0.0452. The van der Waals surface area contributed by atoms with Gasteiger partial charge in [0.2, 0.25) is 5.88 Å². The molecule has 38 heavy (non-hydrogen) atoms. The van der Waals surface area contributed by atoms with E-state index in [9.17, 15) is 5.11 Å². The van der Waals surface area contributed by atoms with Gasteiger partial charge < -0.3 is 15.6 Å². The fraction of sp³-hybridized carbons (Fsp3) is 0.429. The van der Waals surface area contributed by atoms with Crippen molar-refractivity contribution >= 4 is 22.3 Å². The highest BCUT2D eigenvalue weighted by Gasteiger charge is 2.25. The highest BCUT2D eigenvalue weighted by atomic mass is 16.5. The maximum Gasteiger partial charge on any atom is 0.221 e. The largest absolute Gasteiger partial charge is 0.473 e. The van der Waals surface area contributed by atoms with Gasteiger partial charge in [-0.3, -0.25) is 20.0 Å². The lowest BCUT2D eigenvalue weighted by Gasteiger charge is -2.26. The molecule has 0 saturated heterocycles. The van der Waals surface area contributed by atoms with Gasteiger partial charge in [-0.2, -0.15) is 10.2 Å². The highest BCUT2D eigenvalue weighted by molar-refractivity contribution is 6.08. The first-order chi connectivity index (χ1) is 18.2. The van der Waals surface area contributed by atoms with Crippen molar-refractivity contribution in [3.63, 3.8) is 0 Å². The first kappa shape index (κ1) is 25.9. The van der Waals surface area contributed by atoms with Crippen LogP contribution in [0.3, 0.4) is 0 Å². The van der Waals surface area contributed by atoms with Crippen molar-refractivity contribution < 1.29 is 9.84 Å². The zero-order valence-electron chi connectivity index (χ0n) is 22.9. The molecule has 0 spiro atoms. The summed E-state index contributed by atoms with van der Waals surface area (Å²) in [6.07, 6.45) is -0.136. The number of aliphatic hydroxyl groups is 1. The molecule has 1 aliphatic rings. The molecule has 2 atom stereocenters. The lowest BCUT2D eigenvalue weighted by Crippen LogP contribution is -2.38. The van der Waals surface area contributed by atoms with Gasteiger partial charge in [-0.25, -0.2) is 4.68 Å². The number of aliphatic imine (C=N–C) groups is 1. The van der Waals surface area contributed by atoms with Gasteiger partial charge in [-0.15, -0.1) is 0 Å². The summed E-state index contributed by atoms with van der Waals surface area (Å²) >= 11 is 0. The van der Waals surface area contributed by atoms with Gasteiger partial charge >= 0.3 is 0 Å². The number of ether oxygens (including phenoxy) is 1. The van der Waals surface area contributed by atoms with E-state index in [1.807, 2.05) is 40.0 Å². The van der Waals surface area contributed by atoms with Gasteiger partial charge in [0.1, 0.15) is 11.8 Å². The minimum Gasteiger partial charge on any atom is -0.473 e. The predicted molar refractivity (Wildman–Crippen MR) is 151 cm³/mol. The van der Waals surface area contributed by atoms with Gasteiger partial charge in [0.25, 0.3) is 0 Å². The molecule has 0 radical (unpaired) electrons. The zero-order chi connectivity index (χ0) is 27.1. The Balaban J connectivity index is 1.79. The molecule has 3 aromatic heterocycles. The molecule has 200 valence electrons. The third kappa shape index (κ3) is 4.65. The highest BCUT2D eigenvalue weighted by Crippen LogP contribution is 2.37. The van der Waals surface area contributed by atoms with Crippen LogP contribution in [0.1, 0.15) is 37.7 Å². The summed E-state index contributed by atoms with van der Waals surface area (Å²) in [4.78, 5) is 12.1. The molecule has 0 amide bonds. The van der Waals surface area contributed by atoms with Crippen molar-refractivity contribution in [3.8, 4) is 28.4 Å². The zero-order valence-corrected chi connectivity index (χ0v) is 22.9. The van der Waals surface area contributed by atoms with E-state index in [1.54, 1.807) is 4.68 Å². The van der Waals surface area contributed by atoms with Crippen LogP contribution in [0, 0.1) is 13.8 Å². The average Bonchev–Trinajstić information content (AvgIpc) is 3.43. The van der Waals surface area contributed by atoms with Crippen molar-refractivity contribution in [2.45, 2.75) is 46.8 Å². The number of aromatic nitrogens is 5. The molecule has 5 rings (SSSR count). The molecule has 0 saturated carbocycles. The summed E-state index contributed by atoms with van der Waals surface area (Å²) < 4.78 is 8.33. The summed E-state index contributed by atoms with van der Waals surface area (Å²) in [7, 11) is 1.90. The van der Waals surface area contributed by atoms with Gasteiger partial charge in [-0.1, -0.05) is 13.0 Å². The fourth-order valence-electron chi connectivity index (χ4n) is 5.15. The van der Waals surface area contributed by atoms with Crippen LogP contribution in [0.5, 0.6) is 5.88 Å². The Bertz CT molecular complexity index is 1520. The van der Waals surface area contributed by atoms with E-state index in [1.165, 1.54) is 0 Å². The summed E-state index contributed by atoms with van der Waals surface area (Å²) in [6, 6.07) is 7.74. The van der Waals surface area contributed by atoms with Gasteiger partial charge in [0, 0.05) is 42.3 Å². The standard InChI is InChI=1S/C28H36N8O2/c1-7-36-12-16(3)38-28-25(17(4)34-35(28)6)23-11-21-26(18(5)31-23)32-33-27(21)19-8-9-22(29)20(10-19)24(13-36)30-15(2)14-37/h8-11,15-16,37H,7,12-14,29H2,1-6H3,(H,32,33)/t15-,16-/m0/s1. The smallest absolute Gasteiger partial charge is 0.221 e. The second-order valence-corrected chi connectivity index (χ2v) is 10.1. The number of nitrogen functional groups attached to an aromatic ring is 1. The van der Waals surface area contributed by atoms with Crippen LogP contribution in [0.25, 0.3) is 33.4 Å². The molecule has 4 heterocycles. The number of fused-ring (bicyclic) bond motifs is 6. The predicted octanol–water partition coefficient (Wildman–Crippen LogP) is 3.50. The van der Waals surface area contributed by atoms with Gasteiger partial charge in [0.05, 0.1) is 46.5 Å². The Morgan fingerprint density at radius 1 is 1.26 bits per heavy atom. The van der Waals surface area contributed by atoms with Crippen molar-refractivity contribution in [2.24, 2.45) is 12.0 Å². The van der Waals surface area contributed by atoms with Gasteiger partial charge in [0.15, 0.2) is 0 Å². The topological polar surface area (TPSA) is 130 Å². The fourth-order valence-corrected chi connectivity index (χ4v) is 5.15. The number of aromatic amines is 1. The average molecular weight is 517 g/mol. The van der Waals surface area contributed by atoms with Crippen molar-refractivity contribution in [2.75, 3.05) is 32.0 Å². The molecule has 1 aromatic carbocycles. The second kappa shape index (κ2) is 10.2. The molecular weight excluding hydrogens is 480 g/mol. The quantitative estimate of drug-likeness (QED) is 0.355. The summed E-state index contributed by atoms with van der Waals surface area (Å²) in [5.74, 6) is 0.685. The number of benzene rings is 1. The molecular formula is C28H36N8O2. The van der Waals surface area contributed by atoms with Crippen molar-refractivity contribution in [1.82, 2.24) is 29.9 Å². The lowest BCUT2D eigenvalue weighted by atomic mass is 9.99. The van der Waals surface area contributed by atoms with E-state index in [-0.39, 0.29) is 18.8 Å². The van der Waals surface area contributed by atoms with E-state index in [2.05, 4.69) is 41.1 Å². The number of nitrogens with zero attached hydrogens (tertiary/aromatic N) is 6. The first-order valence-corrected chi connectivity index (χ1v) is 13.1. The Morgan fingerprint density at radius 3 is 2.79 bits per heavy atom. The Kier molecular flexibility index (Phi) is 6.93.